The molecule has 1 aromatic rings. The molecule has 3 nitrogen and oxygen atoms in total. The van der Waals surface area contributed by atoms with Crippen molar-refractivity contribution in [2.45, 2.75) is 32.1 Å². The van der Waals surface area contributed by atoms with E-state index in [2.05, 4.69) is 23.5 Å². The van der Waals surface area contributed by atoms with Crippen LogP contribution in [0.3, 0.4) is 0 Å². The van der Waals surface area contributed by atoms with E-state index in [0.29, 0.717) is 18.3 Å². The van der Waals surface area contributed by atoms with Crippen molar-refractivity contribution >= 4 is 5.91 Å². The Hall–Kier alpha value is -1.51. The monoisotopic (exact) mass is 245 g/mol. The summed E-state index contributed by atoms with van der Waals surface area (Å²) in [6.45, 7) is 3.53. The van der Waals surface area contributed by atoms with Crippen LogP contribution in [0, 0.1) is 5.92 Å². The van der Waals surface area contributed by atoms with E-state index in [4.69, 9.17) is 4.74 Å². The van der Waals surface area contributed by atoms with Gasteiger partial charge in [-0.2, -0.15) is 0 Å². The number of hydrogen-bond donors (Lipinski definition) is 1. The SMILES string of the molecule is CCC(=O)NC[C@H]1C[C@@H]1c1cccc2c1CCO2. The van der Waals surface area contributed by atoms with Gasteiger partial charge in [-0.25, -0.2) is 0 Å². The first kappa shape index (κ1) is 11.6. The number of ether oxygens (including phenoxy) is 1. The lowest BCUT2D eigenvalue weighted by atomic mass is 10.00. The predicted octanol–water partition coefficient (Wildman–Crippen LogP) is 2.25. The molecule has 2 atom stereocenters. The molecule has 3 rings (SSSR count). The molecular weight excluding hydrogens is 226 g/mol. The highest BCUT2D eigenvalue weighted by Gasteiger charge is 2.40. The van der Waals surface area contributed by atoms with Crippen LogP contribution in [0.15, 0.2) is 18.2 Å². The standard InChI is InChI=1S/C15H19NO2/c1-2-15(17)16-9-10-8-13(10)11-4-3-5-14-12(11)6-7-18-14/h3-5,10,13H,2,6-9H2,1H3,(H,16,17)/t10-,13+/m1/s1. The largest absolute Gasteiger partial charge is 0.493 e. The van der Waals surface area contributed by atoms with Crippen molar-refractivity contribution in [3.05, 3.63) is 29.3 Å². The smallest absolute Gasteiger partial charge is 0.219 e. The number of amides is 1. The Bertz CT molecular complexity index is 470. The highest BCUT2D eigenvalue weighted by molar-refractivity contribution is 5.75. The number of carbonyl (C=O) groups is 1. The topological polar surface area (TPSA) is 38.3 Å². The second-order valence-electron chi connectivity index (χ2n) is 5.18. The zero-order valence-electron chi connectivity index (χ0n) is 10.7. The molecule has 1 N–H and O–H groups in total. The van der Waals surface area contributed by atoms with Gasteiger partial charge in [0.15, 0.2) is 0 Å². The van der Waals surface area contributed by atoms with Gasteiger partial charge in [0.05, 0.1) is 6.61 Å². The second-order valence-corrected chi connectivity index (χ2v) is 5.18. The summed E-state index contributed by atoms with van der Waals surface area (Å²) in [5.41, 5.74) is 2.84. The fourth-order valence-electron chi connectivity index (χ4n) is 2.82. The van der Waals surface area contributed by atoms with E-state index in [9.17, 15) is 4.79 Å². The van der Waals surface area contributed by atoms with E-state index in [0.717, 1.165) is 25.3 Å². The first-order valence-corrected chi connectivity index (χ1v) is 6.81. The molecule has 96 valence electrons. The molecule has 0 saturated heterocycles. The van der Waals surface area contributed by atoms with Crippen LogP contribution in [0.4, 0.5) is 0 Å². The summed E-state index contributed by atoms with van der Waals surface area (Å²) in [6.07, 6.45) is 2.81. The number of benzene rings is 1. The fraction of sp³-hybridized carbons (Fsp3) is 0.533. The van der Waals surface area contributed by atoms with E-state index in [-0.39, 0.29) is 5.91 Å². The zero-order valence-corrected chi connectivity index (χ0v) is 10.7. The predicted molar refractivity (Wildman–Crippen MR) is 69.8 cm³/mol. The molecule has 1 aliphatic heterocycles. The van der Waals surface area contributed by atoms with Gasteiger partial charge in [-0.15, -0.1) is 0 Å². The number of hydrogen-bond acceptors (Lipinski definition) is 2. The number of fused-ring (bicyclic) bond motifs is 1. The van der Waals surface area contributed by atoms with E-state index in [1.165, 1.54) is 17.5 Å². The summed E-state index contributed by atoms with van der Waals surface area (Å²) in [5.74, 6) is 2.46. The second kappa shape index (κ2) is 4.63. The van der Waals surface area contributed by atoms with Crippen LogP contribution in [0.25, 0.3) is 0 Å². The Morgan fingerprint density at radius 2 is 2.39 bits per heavy atom. The van der Waals surface area contributed by atoms with Crippen LogP contribution in [0.2, 0.25) is 0 Å². The van der Waals surface area contributed by atoms with Crippen molar-refractivity contribution in [2.24, 2.45) is 5.92 Å². The van der Waals surface area contributed by atoms with Crippen molar-refractivity contribution < 1.29 is 9.53 Å². The molecule has 0 aromatic heterocycles. The maximum atomic E-state index is 11.2. The molecule has 1 amide bonds. The molecular formula is C15H19NO2. The molecule has 3 heteroatoms. The average molecular weight is 245 g/mol. The Morgan fingerprint density at radius 3 is 3.22 bits per heavy atom. The summed E-state index contributed by atoms with van der Waals surface area (Å²) < 4.78 is 5.60. The van der Waals surface area contributed by atoms with Gasteiger partial charge >= 0.3 is 0 Å². The van der Waals surface area contributed by atoms with Crippen LogP contribution >= 0.6 is 0 Å². The molecule has 1 aliphatic carbocycles. The summed E-state index contributed by atoms with van der Waals surface area (Å²) in [4.78, 5) is 11.2. The maximum Gasteiger partial charge on any atom is 0.219 e. The third-order valence-corrected chi connectivity index (χ3v) is 3.98. The zero-order chi connectivity index (χ0) is 12.5. The number of carbonyl (C=O) groups excluding carboxylic acids is 1. The Kier molecular flexibility index (Phi) is 2.98. The van der Waals surface area contributed by atoms with Gasteiger partial charge in [-0.1, -0.05) is 19.1 Å². The Balaban J connectivity index is 1.64. The average Bonchev–Trinajstić information content (AvgIpc) is 3.00. The summed E-state index contributed by atoms with van der Waals surface area (Å²) in [6, 6.07) is 6.36. The third kappa shape index (κ3) is 2.09. The van der Waals surface area contributed by atoms with Gasteiger partial charge in [0.25, 0.3) is 0 Å². The van der Waals surface area contributed by atoms with Crippen molar-refractivity contribution in [2.75, 3.05) is 13.2 Å². The Labute approximate surface area is 108 Å². The molecule has 2 aliphatic rings. The minimum atomic E-state index is 0.155. The maximum absolute atomic E-state index is 11.2. The van der Waals surface area contributed by atoms with Crippen LogP contribution in [-0.2, 0) is 11.2 Å². The molecule has 1 heterocycles. The fourth-order valence-corrected chi connectivity index (χ4v) is 2.82. The molecule has 0 radical (unpaired) electrons. The van der Waals surface area contributed by atoms with Crippen molar-refractivity contribution in [3.8, 4) is 5.75 Å². The molecule has 0 unspecified atom stereocenters. The van der Waals surface area contributed by atoms with Crippen LogP contribution in [-0.4, -0.2) is 19.1 Å². The Morgan fingerprint density at radius 1 is 1.50 bits per heavy atom. The van der Waals surface area contributed by atoms with Crippen LogP contribution < -0.4 is 10.1 Å². The molecule has 1 fully saturated rings. The molecule has 0 spiro atoms. The highest BCUT2D eigenvalue weighted by atomic mass is 16.5. The highest BCUT2D eigenvalue weighted by Crippen LogP contribution is 2.50. The van der Waals surface area contributed by atoms with Crippen molar-refractivity contribution in [1.29, 1.82) is 0 Å². The van der Waals surface area contributed by atoms with Gasteiger partial charge in [0.2, 0.25) is 5.91 Å². The van der Waals surface area contributed by atoms with E-state index >= 15 is 0 Å². The van der Waals surface area contributed by atoms with E-state index in [1.807, 2.05) is 6.92 Å². The van der Waals surface area contributed by atoms with Crippen molar-refractivity contribution in [1.82, 2.24) is 5.32 Å². The van der Waals surface area contributed by atoms with Crippen LogP contribution in [0.1, 0.15) is 36.8 Å². The summed E-state index contributed by atoms with van der Waals surface area (Å²) >= 11 is 0. The van der Waals surface area contributed by atoms with Crippen molar-refractivity contribution in [3.63, 3.8) is 0 Å². The lowest BCUT2D eigenvalue weighted by Gasteiger charge is -2.07. The van der Waals surface area contributed by atoms with Gasteiger partial charge < -0.3 is 10.1 Å². The summed E-state index contributed by atoms with van der Waals surface area (Å²) in [5, 5.41) is 2.99. The number of rotatable bonds is 4. The molecule has 1 aromatic carbocycles. The van der Waals surface area contributed by atoms with Gasteiger partial charge in [0.1, 0.15) is 5.75 Å². The molecule has 1 saturated carbocycles. The first-order chi connectivity index (χ1) is 8.79. The number of nitrogens with one attached hydrogen (secondary N) is 1. The molecule has 0 bridgehead atoms. The minimum absolute atomic E-state index is 0.155. The minimum Gasteiger partial charge on any atom is -0.493 e. The third-order valence-electron chi connectivity index (χ3n) is 3.98. The van der Waals surface area contributed by atoms with Gasteiger partial charge in [0, 0.05) is 24.9 Å². The normalized spacial score (nSPS) is 24.3. The lowest BCUT2D eigenvalue weighted by Crippen LogP contribution is -2.24. The lowest BCUT2D eigenvalue weighted by molar-refractivity contribution is -0.120. The van der Waals surface area contributed by atoms with Gasteiger partial charge in [-0.3, -0.25) is 4.79 Å². The molecule has 18 heavy (non-hydrogen) atoms. The van der Waals surface area contributed by atoms with E-state index < -0.39 is 0 Å². The van der Waals surface area contributed by atoms with Crippen LogP contribution in [0.5, 0.6) is 5.75 Å². The van der Waals surface area contributed by atoms with E-state index in [1.54, 1.807) is 0 Å². The first-order valence-electron chi connectivity index (χ1n) is 6.81. The summed E-state index contributed by atoms with van der Waals surface area (Å²) in [7, 11) is 0. The van der Waals surface area contributed by atoms with Gasteiger partial charge in [-0.05, 0) is 29.9 Å². The quantitative estimate of drug-likeness (QED) is 0.883.